The summed E-state index contributed by atoms with van der Waals surface area (Å²) in [7, 11) is 0. The van der Waals surface area contributed by atoms with E-state index in [9.17, 15) is 4.79 Å². The number of hydrogen-bond donors (Lipinski definition) is 0. The minimum absolute atomic E-state index is 0.0255. The summed E-state index contributed by atoms with van der Waals surface area (Å²) in [4.78, 5) is 10.7. The SMILES string of the molecule is CC/C=C(\C)C(CC)OC(C)=O. The van der Waals surface area contributed by atoms with Gasteiger partial charge in [0.05, 0.1) is 0 Å². The smallest absolute Gasteiger partial charge is 0.303 e. The molecule has 0 radical (unpaired) electrons. The molecule has 1 atom stereocenters. The lowest BCUT2D eigenvalue weighted by Crippen LogP contribution is -2.16. The van der Waals surface area contributed by atoms with Crippen molar-refractivity contribution in [3.05, 3.63) is 11.6 Å². The van der Waals surface area contributed by atoms with Crippen LogP contribution < -0.4 is 0 Å². The molecule has 2 heteroatoms. The largest absolute Gasteiger partial charge is 0.458 e. The van der Waals surface area contributed by atoms with Crippen LogP contribution in [0.15, 0.2) is 11.6 Å². The first-order valence-electron chi connectivity index (χ1n) is 4.45. The number of esters is 1. The Morgan fingerprint density at radius 2 is 2.00 bits per heavy atom. The summed E-state index contributed by atoms with van der Waals surface area (Å²) in [5, 5.41) is 0. The van der Waals surface area contributed by atoms with Gasteiger partial charge in [0.15, 0.2) is 0 Å². The molecular weight excluding hydrogens is 152 g/mol. The van der Waals surface area contributed by atoms with E-state index in [1.165, 1.54) is 6.92 Å². The third-order valence-corrected chi connectivity index (χ3v) is 1.71. The quantitative estimate of drug-likeness (QED) is 0.479. The molecule has 0 aromatic heterocycles. The Bertz CT molecular complexity index is 171. The van der Waals surface area contributed by atoms with Gasteiger partial charge in [-0.3, -0.25) is 4.79 Å². The lowest BCUT2D eigenvalue weighted by molar-refractivity contribution is -0.144. The van der Waals surface area contributed by atoms with Crippen LogP contribution in [0, 0.1) is 0 Å². The third-order valence-electron chi connectivity index (χ3n) is 1.71. The Labute approximate surface area is 74.6 Å². The van der Waals surface area contributed by atoms with Crippen molar-refractivity contribution in [1.82, 2.24) is 0 Å². The predicted molar refractivity (Wildman–Crippen MR) is 49.9 cm³/mol. The Morgan fingerprint density at radius 3 is 2.33 bits per heavy atom. The molecule has 0 saturated carbocycles. The molecule has 0 aliphatic heterocycles. The zero-order chi connectivity index (χ0) is 9.56. The van der Waals surface area contributed by atoms with Crippen molar-refractivity contribution < 1.29 is 9.53 Å². The maximum Gasteiger partial charge on any atom is 0.303 e. The summed E-state index contributed by atoms with van der Waals surface area (Å²) in [5.74, 6) is -0.203. The predicted octanol–water partition coefficient (Wildman–Crippen LogP) is 2.68. The van der Waals surface area contributed by atoms with Crippen molar-refractivity contribution in [2.75, 3.05) is 0 Å². The summed E-state index contributed by atoms with van der Waals surface area (Å²) in [6.07, 6.45) is 3.91. The molecule has 12 heavy (non-hydrogen) atoms. The van der Waals surface area contributed by atoms with E-state index in [2.05, 4.69) is 13.0 Å². The molecule has 0 fully saturated rings. The molecule has 0 amide bonds. The van der Waals surface area contributed by atoms with Crippen LogP contribution >= 0.6 is 0 Å². The maximum absolute atomic E-state index is 10.7. The van der Waals surface area contributed by atoms with Crippen LogP contribution in [0.1, 0.15) is 40.5 Å². The van der Waals surface area contributed by atoms with E-state index in [-0.39, 0.29) is 12.1 Å². The van der Waals surface area contributed by atoms with Crippen molar-refractivity contribution in [3.8, 4) is 0 Å². The van der Waals surface area contributed by atoms with E-state index >= 15 is 0 Å². The van der Waals surface area contributed by atoms with Crippen LogP contribution in [0.5, 0.6) is 0 Å². The monoisotopic (exact) mass is 170 g/mol. The molecule has 0 saturated heterocycles. The fraction of sp³-hybridized carbons (Fsp3) is 0.700. The molecule has 70 valence electrons. The average Bonchev–Trinajstić information content (AvgIpc) is 2.00. The molecule has 0 bridgehead atoms. The zero-order valence-corrected chi connectivity index (χ0v) is 8.39. The van der Waals surface area contributed by atoms with Crippen LogP contribution in [-0.2, 0) is 9.53 Å². The Morgan fingerprint density at radius 1 is 1.42 bits per heavy atom. The van der Waals surface area contributed by atoms with E-state index in [0.29, 0.717) is 0 Å². The Hall–Kier alpha value is -0.790. The number of rotatable bonds is 4. The highest BCUT2D eigenvalue weighted by atomic mass is 16.5. The zero-order valence-electron chi connectivity index (χ0n) is 8.39. The minimum atomic E-state index is -0.203. The Balaban J connectivity index is 4.14. The maximum atomic E-state index is 10.7. The highest BCUT2D eigenvalue weighted by Crippen LogP contribution is 2.10. The molecule has 0 spiro atoms. The average molecular weight is 170 g/mol. The van der Waals surface area contributed by atoms with Gasteiger partial charge in [-0.25, -0.2) is 0 Å². The second-order valence-electron chi connectivity index (χ2n) is 2.86. The molecule has 0 aliphatic carbocycles. The lowest BCUT2D eigenvalue weighted by Gasteiger charge is -2.15. The van der Waals surface area contributed by atoms with Gasteiger partial charge in [-0.15, -0.1) is 0 Å². The second-order valence-corrected chi connectivity index (χ2v) is 2.86. The number of carbonyl (C=O) groups is 1. The van der Waals surface area contributed by atoms with E-state index in [4.69, 9.17) is 4.74 Å². The molecule has 1 unspecified atom stereocenters. The first kappa shape index (κ1) is 11.2. The molecule has 0 rings (SSSR count). The molecule has 0 aliphatic rings. The van der Waals surface area contributed by atoms with Crippen LogP contribution in [0.3, 0.4) is 0 Å². The second kappa shape index (κ2) is 5.81. The number of hydrogen-bond acceptors (Lipinski definition) is 2. The Kier molecular flexibility index (Phi) is 5.43. The molecule has 0 heterocycles. The topological polar surface area (TPSA) is 26.3 Å². The standard InChI is InChI=1S/C10H18O2/c1-5-7-8(3)10(6-2)12-9(4)11/h7,10H,5-6H2,1-4H3/b8-7+. The van der Waals surface area contributed by atoms with E-state index in [1.807, 2.05) is 13.8 Å². The first-order chi connectivity index (χ1) is 5.61. The normalized spacial score (nSPS) is 14.2. The highest BCUT2D eigenvalue weighted by molar-refractivity contribution is 5.66. The van der Waals surface area contributed by atoms with Crippen LogP contribution in [-0.4, -0.2) is 12.1 Å². The van der Waals surface area contributed by atoms with Crippen LogP contribution in [0.25, 0.3) is 0 Å². The van der Waals surface area contributed by atoms with Gasteiger partial charge in [0.1, 0.15) is 6.10 Å². The van der Waals surface area contributed by atoms with E-state index in [0.717, 1.165) is 18.4 Å². The van der Waals surface area contributed by atoms with Crippen LogP contribution in [0.2, 0.25) is 0 Å². The summed E-state index contributed by atoms with van der Waals surface area (Å²) < 4.78 is 5.11. The van der Waals surface area contributed by atoms with Crippen LogP contribution in [0.4, 0.5) is 0 Å². The summed E-state index contributed by atoms with van der Waals surface area (Å²) in [5.41, 5.74) is 1.15. The van der Waals surface area contributed by atoms with Gasteiger partial charge in [0.2, 0.25) is 0 Å². The third kappa shape index (κ3) is 4.16. The molecule has 0 aromatic rings. The van der Waals surface area contributed by atoms with Crippen molar-refractivity contribution in [1.29, 1.82) is 0 Å². The van der Waals surface area contributed by atoms with Gasteiger partial charge in [-0.05, 0) is 25.3 Å². The van der Waals surface area contributed by atoms with Crippen molar-refractivity contribution in [2.24, 2.45) is 0 Å². The lowest BCUT2D eigenvalue weighted by atomic mass is 10.1. The number of ether oxygens (including phenoxy) is 1. The van der Waals surface area contributed by atoms with Crippen molar-refractivity contribution >= 4 is 5.97 Å². The molecule has 0 aromatic carbocycles. The fourth-order valence-corrected chi connectivity index (χ4v) is 1.15. The van der Waals surface area contributed by atoms with Gasteiger partial charge in [-0.1, -0.05) is 19.9 Å². The number of allylic oxidation sites excluding steroid dienone is 1. The van der Waals surface area contributed by atoms with Gasteiger partial charge in [0.25, 0.3) is 0 Å². The van der Waals surface area contributed by atoms with E-state index in [1.54, 1.807) is 0 Å². The summed E-state index contributed by atoms with van der Waals surface area (Å²) in [6.45, 7) is 7.53. The molecular formula is C10H18O2. The first-order valence-corrected chi connectivity index (χ1v) is 4.45. The summed E-state index contributed by atoms with van der Waals surface area (Å²) >= 11 is 0. The van der Waals surface area contributed by atoms with E-state index < -0.39 is 0 Å². The van der Waals surface area contributed by atoms with Gasteiger partial charge < -0.3 is 4.74 Å². The van der Waals surface area contributed by atoms with Gasteiger partial charge in [-0.2, -0.15) is 0 Å². The van der Waals surface area contributed by atoms with Gasteiger partial charge >= 0.3 is 5.97 Å². The van der Waals surface area contributed by atoms with Crippen molar-refractivity contribution in [3.63, 3.8) is 0 Å². The highest BCUT2D eigenvalue weighted by Gasteiger charge is 2.10. The minimum Gasteiger partial charge on any atom is -0.458 e. The molecule has 2 nitrogen and oxygen atoms in total. The van der Waals surface area contributed by atoms with Crippen molar-refractivity contribution in [2.45, 2.75) is 46.6 Å². The summed E-state index contributed by atoms with van der Waals surface area (Å²) in [6, 6.07) is 0. The molecule has 0 N–H and O–H groups in total. The number of carbonyl (C=O) groups excluding carboxylic acids is 1. The fourth-order valence-electron chi connectivity index (χ4n) is 1.15. The van der Waals surface area contributed by atoms with Gasteiger partial charge in [0, 0.05) is 6.92 Å².